The largest absolute Gasteiger partial charge is 0.497 e. The van der Waals surface area contributed by atoms with Crippen LogP contribution in [0.15, 0.2) is 48.8 Å². The molecule has 3 heterocycles. The van der Waals surface area contributed by atoms with Crippen LogP contribution >= 0.6 is 0 Å². The van der Waals surface area contributed by atoms with Crippen LogP contribution in [0.5, 0.6) is 5.75 Å². The number of nitrogens with zero attached hydrogens (tertiary/aromatic N) is 3. The van der Waals surface area contributed by atoms with Crippen LogP contribution in [-0.4, -0.2) is 40.4 Å². The highest BCUT2D eigenvalue weighted by atomic mass is 16.5. The number of aromatic nitrogens is 2. The van der Waals surface area contributed by atoms with E-state index in [9.17, 15) is 4.79 Å². The van der Waals surface area contributed by atoms with E-state index in [2.05, 4.69) is 46.1 Å². The summed E-state index contributed by atoms with van der Waals surface area (Å²) in [6.07, 6.45) is 5.99. The van der Waals surface area contributed by atoms with E-state index in [4.69, 9.17) is 9.72 Å². The molecule has 0 atom stereocenters. The molecule has 29 heavy (non-hydrogen) atoms. The molecule has 0 aliphatic carbocycles. The highest BCUT2D eigenvalue weighted by molar-refractivity contribution is 5.78. The number of methoxy groups -OCH3 is 1. The van der Waals surface area contributed by atoms with Gasteiger partial charge in [-0.2, -0.15) is 0 Å². The lowest BCUT2D eigenvalue weighted by atomic mass is 9.95. The molecule has 1 aliphatic heterocycles. The number of hydrogen-bond acceptors (Lipinski definition) is 4. The predicted molar refractivity (Wildman–Crippen MR) is 113 cm³/mol. The Balaban J connectivity index is 1.25. The van der Waals surface area contributed by atoms with Crippen molar-refractivity contribution in [1.82, 2.24) is 19.6 Å². The molecule has 6 nitrogen and oxygen atoms in total. The first-order valence-electron chi connectivity index (χ1n) is 10.2. The number of rotatable bonds is 6. The first-order chi connectivity index (χ1) is 14.1. The minimum absolute atomic E-state index is 0.0909. The van der Waals surface area contributed by atoms with Crippen molar-refractivity contribution >= 4 is 11.6 Å². The predicted octanol–water partition coefficient (Wildman–Crippen LogP) is 3.18. The van der Waals surface area contributed by atoms with Crippen molar-refractivity contribution in [3.63, 3.8) is 0 Å². The number of benzene rings is 1. The lowest BCUT2D eigenvalue weighted by Gasteiger charge is -2.30. The Kier molecular flexibility index (Phi) is 5.81. The van der Waals surface area contributed by atoms with Crippen molar-refractivity contribution < 1.29 is 9.53 Å². The summed E-state index contributed by atoms with van der Waals surface area (Å²) in [5.74, 6) is 1.07. The summed E-state index contributed by atoms with van der Waals surface area (Å²) in [5.41, 5.74) is 4.37. The Labute approximate surface area is 171 Å². The van der Waals surface area contributed by atoms with Crippen molar-refractivity contribution in [3.8, 4) is 5.75 Å². The number of aryl methyl sites for hydroxylation is 1. The molecule has 0 saturated carbocycles. The topological polar surface area (TPSA) is 58.9 Å². The quantitative estimate of drug-likeness (QED) is 0.700. The fourth-order valence-electron chi connectivity index (χ4n) is 3.89. The fraction of sp³-hybridized carbons (Fsp3) is 0.391. The Morgan fingerprint density at radius 2 is 1.90 bits per heavy atom. The first-order valence-corrected chi connectivity index (χ1v) is 10.2. The zero-order valence-corrected chi connectivity index (χ0v) is 17.1. The average Bonchev–Trinajstić information content (AvgIpc) is 3.14. The first kappa shape index (κ1) is 19.5. The molecule has 1 saturated heterocycles. The number of piperidine rings is 1. The maximum Gasteiger partial charge on any atom is 0.223 e. The van der Waals surface area contributed by atoms with Gasteiger partial charge in [-0.05, 0) is 62.2 Å². The number of pyridine rings is 1. The minimum Gasteiger partial charge on any atom is -0.497 e. The number of amides is 1. The molecular weight excluding hydrogens is 364 g/mol. The lowest BCUT2D eigenvalue weighted by Crippen LogP contribution is -2.40. The molecule has 3 aromatic rings. The molecule has 0 spiro atoms. The summed E-state index contributed by atoms with van der Waals surface area (Å²) in [5, 5.41) is 3.08. The Morgan fingerprint density at radius 1 is 1.14 bits per heavy atom. The number of imidazole rings is 1. The van der Waals surface area contributed by atoms with Crippen LogP contribution in [-0.2, 0) is 17.9 Å². The number of ether oxygens (including phenoxy) is 1. The van der Waals surface area contributed by atoms with Gasteiger partial charge in [-0.1, -0.05) is 18.2 Å². The van der Waals surface area contributed by atoms with Crippen LogP contribution in [0.4, 0.5) is 0 Å². The summed E-state index contributed by atoms with van der Waals surface area (Å²) in [6, 6.07) is 11.9. The number of hydrogen-bond donors (Lipinski definition) is 1. The number of likely N-dealkylation sites (tertiary alicyclic amines) is 1. The molecule has 1 aromatic carbocycles. The maximum atomic E-state index is 12.5. The van der Waals surface area contributed by atoms with Gasteiger partial charge in [0, 0.05) is 31.4 Å². The molecule has 0 bridgehead atoms. The Bertz CT molecular complexity index is 972. The van der Waals surface area contributed by atoms with E-state index < -0.39 is 0 Å². The van der Waals surface area contributed by atoms with E-state index in [1.807, 2.05) is 24.3 Å². The van der Waals surface area contributed by atoms with Gasteiger partial charge in [0.25, 0.3) is 0 Å². The third-order valence-electron chi connectivity index (χ3n) is 5.62. The van der Waals surface area contributed by atoms with Gasteiger partial charge in [-0.25, -0.2) is 4.98 Å². The van der Waals surface area contributed by atoms with E-state index in [1.54, 1.807) is 7.11 Å². The molecule has 1 amide bonds. The number of nitrogens with one attached hydrogen (secondary N) is 1. The molecule has 1 fully saturated rings. The van der Waals surface area contributed by atoms with Crippen LogP contribution in [0.1, 0.15) is 29.7 Å². The summed E-state index contributed by atoms with van der Waals surface area (Å²) in [6.45, 7) is 5.33. The third kappa shape index (κ3) is 4.77. The molecule has 4 rings (SSSR count). The smallest absolute Gasteiger partial charge is 0.223 e. The molecule has 0 radical (unpaired) electrons. The minimum atomic E-state index is 0.0909. The summed E-state index contributed by atoms with van der Waals surface area (Å²) in [4.78, 5) is 19.6. The number of fused-ring (bicyclic) bond motifs is 1. The molecule has 1 aliphatic rings. The average molecular weight is 393 g/mol. The summed E-state index contributed by atoms with van der Waals surface area (Å²) in [7, 11) is 1.65. The normalized spacial score (nSPS) is 15.5. The van der Waals surface area contributed by atoms with Gasteiger partial charge in [-0.15, -0.1) is 0 Å². The van der Waals surface area contributed by atoms with Crippen LogP contribution in [0.2, 0.25) is 0 Å². The van der Waals surface area contributed by atoms with Crippen molar-refractivity contribution in [1.29, 1.82) is 0 Å². The van der Waals surface area contributed by atoms with Crippen LogP contribution in [0.25, 0.3) is 5.65 Å². The van der Waals surface area contributed by atoms with Crippen molar-refractivity contribution in [3.05, 3.63) is 65.6 Å². The lowest BCUT2D eigenvalue weighted by molar-refractivity contribution is -0.126. The van der Waals surface area contributed by atoms with E-state index >= 15 is 0 Å². The van der Waals surface area contributed by atoms with E-state index in [0.717, 1.165) is 55.1 Å². The molecule has 6 heteroatoms. The van der Waals surface area contributed by atoms with Gasteiger partial charge in [0.1, 0.15) is 11.4 Å². The van der Waals surface area contributed by atoms with Crippen LogP contribution < -0.4 is 10.1 Å². The third-order valence-corrected chi connectivity index (χ3v) is 5.62. The van der Waals surface area contributed by atoms with Gasteiger partial charge in [0.2, 0.25) is 5.91 Å². The van der Waals surface area contributed by atoms with Gasteiger partial charge in [0.15, 0.2) is 0 Å². The Morgan fingerprint density at radius 3 is 2.62 bits per heavy atom. The second-order valence-corrected chi connectivity index (χ2v) is 7.82. The number of carbonyl (C=O) groups is 1. The second kappa shape index (κ2) is 8.66. The van der Waals surface area contributed by atoms with Crippen LogP contribution in [0.3, 0.4) is 0 Å². The van der Waals surface area contributed by atoms with E-state index in [1.165, 1.54) is 5.56 Å². The van der Waals surface area contributed by atoms with Gasteiger partial charge >= 0.3 is 0 Å². The summed E-state index contributed by atoms with van der Waals surface area (Å²) < 4.78 is 7.25. The zero-order chi connectivity index (χ0) is 20.2. The molecule has 2 aromatic heterocycles. The van der Waals surface area contributed by atoms with Gasteiger partial charge < -0.3 is 14.5 Å². The Hall–Kier alpha value is -2.86. The molecule has 0 unspecified atom stereocenters. The number of carbonyl (C=O) groups excluding carboxylic acids is 1. The molecular formula is C23H28N4O2. The summed E-state index contributed by atoms with van der Waals surface area (Å²) >= 11 is 0. The maximum absolute atomic E-state index is 12.5. The standard InChI is InChI=1S/C23H28N4O2/c1-17-3-8-22-25-20(16-27(22)14-17)15-26-11-9-19(10-12-26)23(28)24-13-18-4-6-21(29-2)7-5-18/h3-8,14,16,19H,9-13,15H2,1-2H3,(H,24,28). The van der Waals surface area contributed by atoms with E-state index in [0.29, 0.717) is 6.54 Å². The highest BCUT2D eigenvalue weighted by Crippen LogP contribution is 2.20. The SMILES string of the molecule is COc1ccc(CNC(=O)C2CCN(Cc3cn4cc(C)ccc4n3)CC2)cc1. The van der Waals surface area contributed by atoms with Gasteiger partial charge in [-0.3, -0.25) is 9.69 Å². The van der Waals surface area contributed by atoms with E-state index in [-0.39, 0.29) is 11.8 Å². The molecule has 1 N–H and O–H groups in total. The van der Waals surface area contributed by atoms with Gasteiger partial charge in [0.05, 0.1) is 12.8 Å². The van der Waals surface area contributed by atoms with Crippen molar-refractivity contribution in [2.24, 2.45) is 5.92 Å². The van der Waals surface area contributed by atoms with Crippen molar-refractivity contribution in [2.45, 2.75) is 32.9 Å². The fourth-order valence-corrected chi connectivity index (χ4v) is 3.89. The van der Waals surface area contributed by atoms with Crippen LogP contribution in [0, 0.1) is 12.8 Å². The van der Waals surface area contributed by atoms with Crippen molar-refractivity contribution in [2.75, 3.05) is 20.2 Å². The molecule has 152 valence electrons. The highest BCUT2D eigenvalue weighted by Gasteiger charge is 2.25. The zero-order valence-electron chi connectivity index (χ0n) is 17.1. The second-order valence-electron chi connectivity index (χ2n) is 7.82. The monoisotopic (exact) mass is 392 g/mol.